The van der Waals surface area contributed by atoms with Crippen LogP contribution < -0.4 is 5.73 Å². The van der Waals surface area contributed by atoms with Gasteiger partial charge in [-0.1, -0.05) is 36.8 Å². The topological polar surface area (TPSA) is 66.6 Å². The van der Waals surface area contributed by atoms with Crippen LogP contribution in [0.25, 0.3) is 0 Å². The van der Waals surface area contributed by atoms with Gasteiger partial charge in [0.15, 0.2) is 0 Å². The number of hydrogen-bond acceptors (Lipinski definition) is 3. The van der Waals surface area contributed by atoms with Crippen LogP contribution in [0.4, 0.5) is 0 Å². The van der Waals surface area contributed by atoms with Gasteiger partial charge in [-0.15, -0.1) is 0 Å². The van der Waals surface area contributed by atoms with Crippen LogP contribution in [0.15, 0.2) is 24.3 Å². The molecule has 3 unspecified atom stereocenters. The molecule has 1 fully saturated rings. The highest BCUT2D eigenvalue weighted by atomic mass is 16.3. The van der Waals surface area contributed by atoms with Crippen molar-refractivity contribution in [3.05, 3.63) is 35.4 Å². The lowest BCUT2D eigenvalue weighted by atomic mass is 10.0. The molecule has 1 saturated heterocycles. The zero-order valence-electron chi connectivity index (χ0n) is 11.5. The molecule has 4 heteroatoms. The van der Waals surface area contributed by atoms with Crippen molar-refractivity contribution in [3.63, 3.8) is 0 Å². The van der Waals surface area contributed by atoms with E-state index < -0.39 is 6.04 Å². The van der Waals surface area contributed by atoms with E-state index in [1.807, 2.05) is 31.2 Å². The molecule has 1 aromatic rings. The number of amides is 1. The van der Waals surface area contributed by atoms with Crippen LogP contribution in [0, 0.1) is 12.8 Å². The number of carbonyl (C=O) groups excluding carboxylic acids is 1. The number of likely N-dealkylation sites (tertiary alicyclic amines) is 1. The molecule has 1 aliphatic heterocycles. The number of nitrogens with two attached hydrogens (primary N) is 1. The fraction of sp³-hybridized carbons (Fsp3) is 0.533. The summed E-state index contributed by atoms with van der Waals surface area (Å²) >= 11 is 0. The van der Waals surface area contributed by atoms with Crippen molar-refractivity contribution in [1.29, 1.82) is 0 Å². The molecule has 3 N–H and O–H groups in total. The van der Waals surface area contributed by atoms with E-state index in [1.54, 1.807) is 4.90 Å². The molecule has 0 saturated carbocycles. The molecule has 104 valence electrons. The first-order chi connectivity index (χ1) is 9.04. The summed E-state index contributed by atoms with van der Waals surface area (Å²) in [5, 5.41) is 9.41. The van der Waals surface area contributed by atoms with Crippen LogP contribution in [0.2, 0.25) is 0 Å². The molecular formula is C15H22N2O2. The first-order valence-electron chi connectivity index (χ1n) is 6.78. The fourth-order valence-corrected chi connectivity index (χ4v) is 2.66. The van der Waals surface area contributed by atoms with Gasteiger partial charge in [0.1, 0.15) is 6.04 Å². The molecule has 1 aromatic carbocycles. The second-order valence-corrected chi connectivity index (χ2v) is 5.44. The van der Waals surface area contributed by atoms with Gasteiger partial charge in [-0.2, -0.15) is 0 Å². The van der Waals surface area contributed by atoms with Gasteiger partial charge in [0.25, 0.3) is 0 Å². The molecule has 0 aliphatic carbocycles. The molecule has 4 nitrogen and oxygen atoms in total. The van der Waals surface area contributed by atoms with Gasteiger partial charge in [0, 0.05) is 6.54 Å². The summed E-state index contributed by atoms with van der Waals surface area (Å²) in [7, 11) is 0. The maximum absolute atomic E-state index is 12.4. The summed E-state index contributed by atoms with van der Waals surface area (Å²) in [6, 6.07) is 6.97. The zero-order valence-corrected chi connectivity index (χ0v) is 11.5. The maximum Gasteiger partial charge on any atom is 0.244 e. The van der Waals surface area contributed by atoms with E-state index in [4.69, 9.17) is 5.73 Å². The monoisotopic (exact) mass is 262 g/mol. The van der Waals surface area contributed by atoms with E-state index in [0.29, 0.717) is 12.5 Å². The van der Waals surface area contributed by atoms with E-state index >= 15 is 0 Å². The third kappa shape index (κ3) is 2.80. The Morgan fingerprint density at radius 2 is 2.11 bits per heavy atom. The molecule has 1 amide bonds. The van der Waals surface area contributed by atoms with Crippen LogP contribution in [-0.2, 0) is 4.79 Å². The van der Waals surface area contributed by atoms with E-state index in [9.17, 15) is 9.90 Å². The van der Waals surface area contributed by atoms with Gasteiger partial charge >= 0.3 is 0 Å². The number of aliphatic hydroxyl groups excluding tert-OH is 1. The van der Waals surface area contributed by atoms with Crippen molar-refractivity contribution in [3.8, 4) is 0 Å². The standard InChI is InChI=1S/C15H22N2O2/c1-10-3-5-12(6-4-10)14(16)15(19)17-8-7-11(2)13(17)9-18/h3-6,11,13-14,18H,7-9,16H2,1-2H3. The lowest BCUT2D eigenvalue weighted by Crippen LogP contribution is -2.44. The number of aryl methyl sites for hydroxylation is 1. The Morgan fingerprint density at radius 3 is 2.68 bits per heavy atom. The molecule has 3 atom stereocenters. The minimum Gasteiger partial charge on any atom is -0.394 e. The lowest BCUT2D eigenvalue weighted by Gasteiger charge is -2.28. The number of benzene rings is 1. The summed E-state index contributed by atoms with van der Waals surface area (Å²) in [5.41, 5.74) is 8.03. The Balaban J connectivity index is 2.13. The van der Waals surface area contributed by atoms with E-state index in [0.717, 1.165) is 17.5 Å². The van der Waals surface area contributed by atoms with Crippen molar-refractivity contribution >= 4 is 5.91 Å². The first kappa shape index (κ1) is 14.0. The van der Waals surface area contributed by atoms with Crippen molar-refractivity contribution in [1.82, 2.24) is 4.90 Å². The molecule has 0 radical (unpaired) electrons. The number of hydrogen-bond donors (Lipinski definition) is 2. The normalized spacial score (nSPS) is 24.5. The molecule has 0 bridgehead atoms. The van der Waals surface area contributed by atoms with Crippen LogP contribution in [0.5, 0.6) is 0 Å². The van der Waals surface area contributed by atoms with Crippen molar-refractivity contribution < 1.29 is 9.90 Å². The molecule has 0 aromatic heterocycles. The van der Waals surface area contributed by atoms with Gasteiger partial charge in [-0.3, -0.25) is 4.79 Å². The van der Waals surface area contributed by atoms with Crippen molar-refractivity contribution in [2.45, 2.75) is 32.4 Å². The Bertz CT molecular complexity index is 444. The van der Waals surface area contributed by atoms with Crippen LogP contribution in [0.1, 0.15) is 30.5 Å². The highest BCUT2D eigenvalue weighted by Crippen LogP contribution is 2.26. The summed E-state index contributed by atoms with van der Waals surface area (Å²) in [6.07, 6.45) is 0.928. The number of rotatable bonds is 3. The minimum atomic E-state index is -0.639. The molecular weight excluding hydrogens is 240 g/mol. The van der Waals surface area contributed by atoms with Crippen molar-refractivity contribution in [2.24, 2.45) is 11.7 Å². The van der Waals surface area contributed by atoms with Gasteiger partial charge in [-0.25, -0.2) is 0 Å². The predicted molar refractivity (Wildman–Crippen MR) is 74.5 cm³/mol. The van der Waals surface area contributed by atoms with Crippen LogP contribution in [0.3, 0.4) is 0 Å². The van der Waals surface area contributed by atoms with Gasteiger partial charge < -0.3 is 15.7 Å². The fourth-order valence-electron chi connectivity index (χ4n) is 2.66. The minimum absolute atomic E-state index is 0.00746. The first-order valence-corrected chi connectivity index (χ1v) is 6.78. The zero-order chi connectivity index (χ0) is 14.0. The highest BCUT2D eigenvalue weighted by Gasteiger charge is 2.36. The molecule has 1 heterocycles. The Hall–Kier alpha value is -1.39. The quantitative estimate of drug-likeness (QED) is 0.861. The van der Waals surface area contributed by atoms with Crippen LogP contribution in [-0.4, -0.2) is 35.1 Å². The Kier molecular flexibility index (Phi) is 4.22. The second kappa shape index (κ2) is 5.72. The number of nitrogens with zero attached hydrogens (tertiary/aromatic N) is 1. The van der Waals surface area contributed by atoms with E-state index in [-0.39, 0.29) is 18.6 Å². The van der Waals surface area contributed by atoms with Crippen LogP contribution >= 0.6 is 0 Å². The lowest BCUT2D eigenvalue weighted by molar-refractivity contribution is -0.134. The SMILES string of the molecule is Cc1ccc(C(N)C(=O)N2CCC(C)C2CO)cc1. The average Bonchev–Trinajstić information content (AvgIpc) is 2.79. The molecule has 2 rings (SSSR count). The van der Waals surface area contributed by atoms with Gasteiger partial charge in [-0.05, 0) is 24.8 Å². The third-order valence-corrected chi connectivity index (χ3v) is 4.06. The number of carbonyl (C=O) groups is 1. The Morgan fingerprint density at radius 1 is 1.47 bits per heavy atom. The summed E-state index contributed by atoms with van der Waals surface area (Å²) in [4.78, 5) is 14.2. The number of aliphatic hydroxyl groups is 1. The largest absolute Gasteiger partial charge is 0.394 e. The van der Waals surface area contributed by atoms with Crippen molar-refractivity contribution in [2.75, 3.05) is 13.2 Å². The summed E-state index contributed by atoms with van der Waals surface area (Å²) < 4.78 is 0. The average molecular weight is 262 g/mol. The molecule has 19 heavy (non-hydrogen) atoms. The smallest absolute Gasteiger partial charge is 0.244 e. The maximum atomic E-state index is 12.4. The molecule has 0 spiro atoms. The highest BCUT2D eigenvalue weighted by molar-refractivity contribution is 5.83. The Labute approximate surface area is 114 Å². The molecule has 1 aliphatic rings. The van der Waals surface area contributed by atoms with E-state index in [2.05, 4.69) is 6.92 Å². The summed E-state index contributed by atoms with van der Waals surface area (Å²) in [5.74, 6) is 0.242. The predicted octanol–water partition coefficient (Wildman–Crippen LogP) is 1.22. The van der Waals surface area contributed by atoms with E-state index in [1.165, 1.54) is 0 Å². The van der Waals surface area contributed by atoms with Gasteiger partial charge in [0.05, 0.1) is 12.6 Å². The second-order valence-electron chi connectivity index (χ2n) is 5.44. The summed E-state index contributed by atoms with van der Waals surface area (Å²) in [6.45, 7) is 4.75. The van der Waals surface area contributed by atoms with Gasteiger partial charge in [0.2, 0.25) is 5.91 Å². The third-order valence-electron chi connectivity index (χ3n) is 4.06.